The molecule has 0 aliphatic carbocycles. The number of sulfonamides is 1. The van der Waals surface area contributed by atoms with Crippen LogP contribution in [0.3, 0.4) is 0 Å². The van der Waals surface area contributed by atoms with Crippen molar-refractivity contribution in [1.29, 1.82) is 0 Å². The molecule has 2 amide bonds. The lowest BCUT2D eigenvalue weighted by atomic mass is 10.2. The first-order valence-electron chi connectivity index (χ1n) is 8.52. The van der Waals surface area contributed by atoms with Crippen LogP contribution in [0.4, 0.5) is 5.69 Å². The highest BCUT2D eigenvalue weighted by Gasteiger charge is 2.20. The first kappa shape index (κ1) is 21.9. The molecule has 9 nitrogen and oxygen atoms in total. The minimum Gasteiger partial charge on any atom is -0.484 e. The summed E-state index contributed by atoms with van der Waals surface area (Å²) in [4.78, 5) is 22.8. The molecule has 3 N–H and O–H groups in total. The molecule has 0 spiro atoms. The number of nitrogens with two attached hydrogens (primary N) is 1. The molecule has 2 rings (SSSR count). The molecule has 0 unspecified atom stereocenters. The van der Waals surface area contributed by atoms with Gasteiger partial charge in [0.15, 0.2) is 6.61 Å². The summed E-state index contributed by atoms with van der Waals surface area (Å²) in [6.45, 7) is 1.21. The van der Waals surface area contributed by atoms with Crippen LogP contribution in [0.1, 0.15) is 11.1 Å². The van der Waals surface area contributed by atoms with Crippen molar-refractivity contribution in [3.05, 3.63) is 59.7 Å². The van der Waals surface area contributed by atoms with Gasteiger partial charge >= 0.3 is 0 Å². The van der Waals surface area contributed by atoms with E-state index in [2.05, 4.69) is 10.5 Å². The summed E-state index contributed by atoms with van der Waals surface area (Å²) in [5, 5.41) is 3.83. The summed E-state index contributed by atoms with van der Waals surface area (Å²) in [7, 11) is -3.65. The monoisotopic (exact) mass is 418 g/mol. The topological polar surface area (TPSA) is 131 Å². The van der Waals surface area contributed by atoms with Gasteiger partial charge in [0, 0.05) is 0 Å². The van der Waals surface area contributed by atoms with Crippen LogP contribution >= 0.6 is 0 Å². The molecule has 0 heterocycles. The zero-order valence-electron chi connectivity index (χ0n) is 16.0. The average molecular weight is 418 g/mol. The zero-order chi connectivity index (χ0) is 21.4. The van der Waals surface area contributed by atoms with Crippen molar-refractivity contribution >= 4 is 33.7 Å². The predicted molar refractivity (Wildman–Crippen MR) is 110 cm³/mol. The lowest BCUT2D eigenvalue weighted by molar-refractivity contribution is -0.120. The van der Waals surface area contributed by atoms with Gasteiger partial charge in [-0.1, -0.05) is 12.1 Å². The average Bonchev–Trinajstić information content (AvgIpc) is 2.64. The molecule has 154 valence electrons. The molecule has 0 atom stereocenters. The number of benzene rings is 2. The van der Waals surface area contributed by atoms with Crippen molar-refractivity contribution in [2.75, 3.05) is 23.7 Å². The molecule has 0 bridgehead atoms. The minimum absolute atomic E-state index is 0.221. The highest BCUT2D eigenvalue weighted by molar-refractivity contribution is 7.92. The number of aryl methyl sites for hydroxylation is 1. The standard InChI is InChI=1S/C19H22N4O5S/c1-14-4-3-5-16(10-14)23(29(2,26)27)12-19(25)22-21-11-15-6-8-17(9-7-15)28-13-18(20)24/h3-11H,12-13H2,1-2H3,(H2,20,24)(H,22,25)/b21-11-. The third kappa shape index (κ3) is 7.26. The second kappa shape index (κ2) is 9.69. The summed E-state index contributed by atoms with van der Waals surface area (Å²) in [6, 6.07) is 13.4. The number of hydrogen-bond acceptors (Lipinski definition) is 6. The van der Waals surface area contributed by atoms with E-state index in [1.54, 1.807) is 42.5 Å². The predicted octanol–water partition coefficient (Wildman–Crippen LogP) is 0.775. The van der Waals surface area contributed by atoms with Gasteiger partial charge in [-0.15, -0.1) is 0 Å². The Labute approximate surface area is 169 Å². The van der Waals surface area contributed by atoms with E-state index in [0.717, 1.165) is 16.1 Å². The minimum atomic E-state index is -3.65. The molecule has 29 heavy (non-hydrogen) atoms. The van der Waals surface area contributed by atoms with E-state index in [1.807, 2.05) is 13.0 Å². The first-order valence-corrected chi connectivity index (χ1v) is 10.4. The van der Waals surface area contributed by atoms with Crippen molar-refractivity contribution in [2.24, 2.45) is 10.8 Å². The molecule has 0 aliphatic rings. The summed E-state index contributed by atoms with van der Waals surface area (Å²) in [5.41, 5.74) is 9.24. The van der Waals surface area contributed by atoms with Gasteiger partial charge in [0.25, 0.3) is 11.8 Å². The SMILES string of the molecule is Cc1cccc(N(CC(=O)N/N=C\c2ccc(OCC(N)=O)cc2)S(C)(=O)=O)c1. The molecular weight excluding hydrogens is 396 g/mol. The third-order valence-corrected chi connectivity index (χ3v) is 4.78. The fraction of sp³-hybridized carbons (Fsp3) is 0.211. The van der Waals surface area contributed by atoms with Gasteiger partial charge in [-0.25, -0.2) is 13.8 Å². The first-order chi connectivity index (χ1) is 13.6. The molecule has 0 fully saturated rings. The second-order valence-corrected chi connectivity index (χ2v) is 8.13. The highest BCUT2D eigenvalue weighted by atomic mass is 32.2. The van der Waals surface area contributed by atoms with Gasteiger partial charge in [0.05, 0.1) is 18.2 Å². The Morgan fingerprint density at radius 1 is 1.21 bits per heavy atom. The lowest BCUT2D eigenvalue weighted by Crippen LogP contribution is -2.39. The Kier molecular flexibility index (Phi) is 7.32. The highest BCUT2D eigenvalue weighted by Crippen LogP contribution is 2.18. The largest absolute Gasteiger partial charge is 0.484 e. The van der Waals surface area contributed by atoms with Crippen LogP contribution in [0.2, 0.25) is 0 Å². The van der Waals surface area contributed by atoms with Crippen molar-refractivity contribution in [3.63, 3.8) is 0 Å². The van der Waals surface area contributed by atoms with Gasteiger partial charge in [-0.2, -0.15) is 5.10 Å². The number of hydrogen-bond donors (Lipinski definition) is 2. The Bertz CT molecular complexity index is 1000. The van der Waals surface area contributed by atoms with E-state index in [4.69, 9.17) is 10.5 Å². The molecular formula is C19H22N4O5S. The lowest BCUT2D eigenvalue weighted by Gasteiger charge is -2.21. The fourth-order valence-electron chi connectivity index (χ4n) is 2.33. The van der Waals surface area contributed by atoms with Crippen molar-refractivity contribution in [1.82, 2.24) is 5.43 Å². The molecule has 2 aromatic carbocycles. The van der Waals surface area contributed by atoms with Crippen LogP contribution < -0.4 is 20.2 Å². The number of rotatable bonds is 9. The number of carbonyl (C=O) groups excluding carboxylic acids is 2. The fourth-order valence-corrected chi connectivity index (χ4v) is 3.18. The number of hydrazone groups is 1. The molecule has 10 heteroatoms. The number of carbonyl (C=O) groups is 2. The van der Waals surface area contributed by atoms with Crippen molar-refractivity contribution in [2.45, 2.75) is 6.92 Å². The van der Waals surface area contributed by atoms with Gasteiger partial charge < -0.3 is 10.5 Å². The van der Waals surface area contributed by atoms with Gasteiger partial charge in [-0.3, -0.25) is 13.9 Å². The van der Waals surface area contributed by atoms with Crippen LogP contribution in [0.15, 0.2) is 53.6 Å². The summed E-state index contributed by atoms with van der Waals surface area (Å²) < 4.78 is 30.3. The Morgan fingerprint density at radius 2 is 1.90 bits per heavy atom. The van der Waals surface area contributed by atoms with Gasteiger partial charge in [0.1, 0.15) is 12.3 Å². The Balaban J connectivity index is 1.97. The van der Waals surface area contributed by atoms with Gasteiger partial charge in [-0.05, 0) is 54.4 Å². The molecule has 0 aliphatic heterocycles. The van der Waals surface area contributed by atoms with Crippen LogP contribution in [0, 0.1) is 6.92 Å². The third-order valence-electron chi connectivity index (χ3n) is 3.64. The second-order valence-electron chi connectivity index (χ2n) is 6.23. The number of nitrogens with zero attached hydrogens (tertiary/aromatic N) is 2. The maximum atomic E-state index is 12.2. The normalized spacial score (nSPS) is 11.2. The van der Waals surface area contributed by atoms with E-state index in [0.29, 0.717) is 17.0 Å². The summed E-state index contributed by atoms with van der Waals surface area (Å²) >= 11 is 0. The number of nitrogens with one attached hydrogen (secondary N) is 1. The smallest absolute Gasteiger partial charge is 0.260 e. The van der Waals surface area contributed by atoms with Crippen LogP contribution in [0.25, 0.3) is 0 Å². The number of anilines is 1. The number of amides is 2. The molecule has 0 aromatic heterocycles. The van der Waals surface area contributed by atoms with Crippen molar-refractivity contribution in [3.8, 4) is 5.75 Å². The van der Waals surface area contributed by atoms with Crippen molar-refractivity contribution < 1.29 is 22.7 Å². The molecule has 0 saturated heterocycles. The van der Waals surface area contributed by atoms with Crippen LogP contribution in [0.5, 0.6) is 5.75 Å². The van der Waals surface area contributed by atoms with Gasteiger partial charge in [0.2, 0.25) is 10.0 Å². The van der Waals surface area contributed by atoms with E-state index in [-0.39, 0.29) is 6.61 Å². The quantitative estimate of drug-likeness (QED) is 0.459. The number of primary amides is 1. The maximum absolute atomic E-state index is 12.2. The maximum Gasteiger partial charge on any atom is 0.260 e. The van der Waals surface area contributed by atoms with E-state index >= 15 is 0 Å². The van der Waals surface area contributed by atoms with Crippen LogP contribution in [-0.4, -0.2) is 45.9 Å². The van der Waals surface area contributed by atoms with E-state index in [1.165, 1.54) is 6.21 Å². The summed E-state index contributed by atoms with van der Waals surface area (Å²) in [6.07, 6.45) is 2.43. The molecule has 2 aromatic rings. The summed E-state index contributed by atoms with van der Waals surface area (Å²) in [5.74, 6) is -0.700. The molecule has 0 radical (unpaired) electrons. The molecule has 0 saturated carbocycles. The number of ether oxygens (including phenoxy) is 1. The Morgan fingerprint density at radius 3 is 2.48 bits per heavy atom. The zero-order valence-corrected chi connectivity index (χ0v) is 16.8. The van der Waals surface area contributed by atoms with E-state index < -0.39 is 28.4 Å². The Hall–Kier alpha value is -3.40. The van der Waals surface area contributed by atoms with Crippen LogP contribution in [-0.2, 0) is 19.6 Å². The van der Waals surface area contributed by atoms with E-state index in [9.17, 15) is 18.0 Å².